The average Bonchev–Trinajstić information content (AvgIpc) is 2.84. The van der Waals surface area contributed by atoms with E-state index in [9.17, 15) is 24.9 Å². The van der Waals surface area contributed by atoms with Gasteiger partial charge in [-0.15, -0.1) is 0 Å². The van der Waals surface area contributed by atoms with E-state index in [1.54, 1.807) is 26.8 Å². The van der Waals surface area contributed by atoms with Crippen LogP contribution in [0.15, 0.2) is 23.8 Å². The Morgan fingerprint density at radius 2 is 2.00 bits per heavy atom. The monoisotopic (exact) mass is 392 g/mol. The van der Waals surface area contributed by atoms with Gasteiger partial charge in [-0.2, -0.15) is 0 Å². The van der Waals surface area contributed by atoms with E-state index in [1.807, 2.05) is 0 Å². The number of aliphatic hydroxyl groups excluding tert-OH is 2. The molecule has 8 atom stereocenters. The van der Waals surface area contributed by atoms with E-state index in [0.717, 1.165) is 0 Å². The molecule has 0 aromatic heterocycles. The first-order valence-corrected chi connectivity index (χ1v) is 10.1. The summed E-state index contributed by atoms with van der Waals surface area (Å²) in [6.07, 6.45) is 4.44. The van der Waals surface area contributed by atoms with E-state index in [-0.39, 0.29) is 18.1 Å². The molecule has 4 aliphatic rings. The third kappa shape index (κ3) is 2.01. The predicted molar refractivity (Wildman–Crippen MR) is 99.9 cm³/mol. The molecule has 0 spiro atoms. The Bertz CT molecular complexity index is 805. The van der Waals surface area contributed by atoms with Crippen LogP contribution in [-0.4, -0.2) is 50.9 Å². The third-order valence-corrected chi connectivity index (χ3v) is 8.79. The smallest absolute Gasteiger partial charge is 0.190 e. The second-order valence-corrected chi connectivity index (χ2v) is 9.75. The minimum absolute atomic E-state index is 0.0676. The summed E-state index contributed by atoms with van der Waals surface area (Å²) < 4.78 is 16.9. The Morgan fingerprint density at radius 1 is 1.32 bits per heavy atom. The molecule has 28 heavy (non-hydrogen) atoms. The van der Waals surface area contributed by atoms with Gasteiger partial charge in [0.1, 0.15) is 12.2 Å². The molecule has 3 N–H and O–H groups in total. The standard InChI is InChI=1S/C22H29FO5/c1-12-8-16-15-5-4-13-9-14(25)6-7-19(13,2)21(15,23)17(26)10-20(16,3)22(12,28)18(27)11-24/h6-7,9,12,15-17,24,26,28H,4-5,8,10-11H2,1-3H3/t12-,15-,16?,17-,19-,20-,21-,22-/m0/s1. The number of ketones is 2. The van der Waals surface area contributed by atoms with Crippen LogP contribution in [0.4, 0.5) is 4.39 Å². The second kappa shape index (κ2) is 5.83. The molecule has 3 saturated carbocycles. The molecule has 0 aliphatic heterocycles. The third-order valence-electron chi connectivity index (χ3n) is 8.79. The first kappa shape index (κ1) is 19.9. The van der Waals surface area contributed by atoms with Crippen molar-refractivity contribution in [2.45, 2.75) is 63.8 Å². The number of alkyl halides is 1. The van der Waals surface area contributed by atoms with Crippen molar-refractivity contribution < 1.29 is 29.3 Å². The summed E-state index contributed by atoms with van der Waals surface area (Å²) in [5.74, 6) is -2.12. The van der Waals surface area contributed by atoms with E-state index < -0.39 is 52.4 Å². The molecule has 4 aliphatic carbocycles. The van der Waals surface area contributed by atoms with Gasteiger partial charge in [0.05, 0.1) is 6.10 Å². The minimum Gasteiger partial charge on any atom is -0.390 e. The molecule has 4 rings (SSSR count). The van der Waals surface area contributed by atoms with Gasteiger partial charge in [-0.25, -0.2) is 4.39 Å². The van der Waals surface area contributed by atoms with Crippen molar-refractivity contribution in [3.63, 3.8) is 0 Å². The summed E-state index contributed by atoms with van der Waals surface area (Å²) in [5, 5.41) is 32.0. The van der Waals surface area contributed by atoms with Crippen molar-refractivity contribution in [1.29, 1.82) is 0 Å². The fraction of sp³-hybridized carbons (Fsp3) is 0.727. The molecule has 0 radical (unpaired) electrons. The Labute approximate surface area is 164 Å². The van der Waals surface area contributed by atoms with Crippen molar-refractivity contribution in [1.82, 2.24) is 0 Å². The first-order valence-electron chi connectivity index (χ1n) is 10.1. The number of hydrogen-bond donors (Lipinski definition) is 3. The van der Waals surface area contributed by atoms with Crippen molar-refractivity contribution in [2.24, 2.45) is 28.6 Å². The number of aliphatic hydroxyl groups is 3. The maximum atomic E-state index is 16.9. The number of allylic oxidation sites excluding steroid dienone is 4. The fourth-order valence-electron chi connectivity index (χ4n) is 7.26. The molecule has 5 nitrogen and oxygen atoms in total. The van der Waals surface area contributed by atoms with Gasteiger partial charge in [-0.1, -0.05) is 25.5 Å². The maximum absolute atomic E-state index is 16.9. The van der Waals surface area contributed by atoms with E-state index >= 15 is 4.39 Å². The van der Waals surface area contributed by atoms with Crippen LogP contribution < -0.4 is 0 Å². The number of halogens is 1. The van der Waals surface area contributed by atoms with Crippen LogP contribution in [0.1, 0.15) is 46.5 Å². The highest BCUT2D eigenvalue weighted by Crippen LogP contribution is 2.70. The summed E-state index contributed by atoms with van der Waals surface area (Å²) in [7, 11) is 0. The van der Waals surface area contributed by atoms with Crippen molar-refractivity contribution >= 4 is 11.6 Å². The van der Waals surface area contributed by atoms with Crippen LogP contribution in [0.5, 0.6) is 0 Å². The second-order valence-electron chi connectivity index (χ2n) is 9.75. The quantitative estimate of drug-likeness (QED) is 0.667. The number of fused-ring (bicyclic) bond motifs is 5. The molecular weight excluding hydrogens is 363 g/mol. The highest BCUT2D eigenvalue weighted by Gasteiger charge is 2.75. The molecule has 0 aromatic carbocycles. The summed E-state index contributed by atoms with van der Waals surface area (Å²) in [6.45, 7) is 4.48. The Hall–Kier alpha value is -1.37. The number of rotatable bonds is 2. The fourth-order valence-corrected chi connectivity index (χ4v) is 7.26. The van der Waals surface area contributed by atoms with Crippen LogP contribution in [-0.2, 0) is 9.59 Å². The van der Waals surface area contributed by atoms with Crippen LogP contribution >= 0.6 is 0 Å². The van der Waals surface area contributed by atoms with Crippen molar-refractivity contribution in [3.8, 4) is 0 Å². The molecule has 0 heterocycles. The zero-order valence-electron chi connectivity index (χ0n) is 16.6. The number of hydrogen-bond acceptors (Lipinski definition) is 5. The largest absolute Gasteiger partial charge is 0.390 e. The lowest BCUT2D eigenvalue weighted by atomic mass is 9.44. The molecule has 0 aromatic rings. The number of carbonyl (C=O) groups is 2. The van der Waals surface area contributed by atoms with Gasteiger partial charge in [0.2, 0.25) is 0 Å². The van der Waals surface area contributed by atoms with Gasteiger partial charge in [-0.3, -0.25) is 9.59 Å². The van der Waals surface area contributed by atoms with Crippen molar-refractivity contribution in [3.05, 3.63) is 23.8 Å². The topological polar surface area (TPSA) is 94.8 Å². The lowest BCUT2D eigenvalue weighted by molar-refractivity contribution is -0.219. The normalized spacial score (nSPS) is 52.5. The highest BCUT2D eigenvalue weighted by molar-refractivity contribution is 6.01. The molecule has 0 bridgehead atoms. The minimum atomic E-state index is -1.98. The molecule has 3 fully saturated rings. The summed E-state index contributed by atoms with van der Waals surface area (Å²) in [4.78, 5) is 24.4. The first-order chi connectivity index (χ1) is 13.0. The van der Waals surface area contributed by atoms with Gasteiger partial charge >= 0.3 is 0 Å². The Morgan fingerprint density at radius 3 is 2.64 bits per heavy atom. The highest BCUT2D eigenvalue weighted by atomic mass is 19.1. The van der Waals surface area contributed by atoms with Gasteiger partial charge < -0.3 is 15.3 Å². The molecule has 6 heteroatoms. The van der Waals surface area contributed by atoms with Gasteiger partial charge in [0.15, 0.2) is 17.2 Å². The van der Waals surface area contributed by atoms with E-state index in [1.165, 1.54) is 12.2 Å². The SMILES string of the molecule is C[C@H]1CC2[C@@H]3CCC4=CC(=O)C=C[C@]4(C)[C@@]3(F)[C@@H](O)C[C@]2(C)[C@@]1(O)C(=O)CO. The van der Waals surface area contributed by atoms with Crippen LogP contribution in [0.2, 0.25) is 0 Å². The average molecular weight is 392 g/mol. The molecule has 0 amide bonds. The van der Waals surface area contributed by atoms with Crippen LogP contribution in [0, 0.1) is 28.6 Å². The van der Waals surface area contributed by atoms with Crippen LogP contribution in [0.25, 0.3) is 0 Å². The Kier molecular flexibility index (Phi) is 4.15. The van der Waals surface area contributed by atoms with E-state index in [2.05, 4.69) is 0 Å². The predicted octanol–water partition coefficient (Wildman–Crippen LogP) is 1.90. The number of Topliss-reactive ketones (excluding diaryl/α,β-unsaturated/α-hetero) is 1. The van der Waals surface area contributed by atoms with E-state index in [4.69, 9.17) is 0 Å². The molecule has 154 valence electrons. The van der Waals surface area contributed by atoms with Crippen molar-refractivity contribution in [2.75, 3.05) is 6.61 Å². The maximum Gasteiger partial charge on any atom is 0.190 e. The van der Waals surface area contributed by atoms with Gasteiger partial charge in [0, 0.05) is 16.7 Å². The Balaban J connectivity index is 1.84. The zero-order chi connectivity index (χ0) is 20.7. The number of carbonyl (C=O) groups excluding carboxylic acids is 2. The molecule has 0 saturated heterocycles. The molecular formula is C22H29FO5. The lowest BCUT2D eigenvalue weighted by Gasteiger charge is -2.62. The van der Waals surface area contributed by atoms with E-state index in [0.29, 0.717) is 24.8 Å². The molecule has 1 unspecified atom stereocenters. The summed E-state index contributed by atoms with van der Waals surface area (Å²) in [5.41, 5.74) is -5.17. The van der Waals surface area contributed by atoms with Crippen LogP contribution in [0.3, 0.4) is 0 Å². The van der Waals surface area contributed by atoms with Gasteiger partial charge in [0.25, 0.3) is 0 Å². The zero-order valence-corrected chi connectivity index (χ0v) is 16.6. The summed E-state index contributed by atoms with van der Waals surface area (Å²) >= 11 is 0. The summed E-state index contributed by atoms with van der Waals surface area (Å²) in [6, 6.07) is 0. The lowest BCUT2D eigenvalue weighted by Crippen LogP contribution is -2.69. The van der Waals surface area contributed by atoms with Gasteiger partial charge in [-0.05, 0) is 56.6 Å².